The van der Waals surface area contributed by atoms with Crippen LogP contribution in [0.15, 0.2) is 67.0 Å². The number of piperidine rings is 2. The summed E-state index contributed by atoms with van der Waals surface area (Å²) in [6.45, 7) is 13.6. The third-order valence-electron chi connectivity index (χ3n) is 11.6. The Morgan fingerprint density at radius 2 is 1.29 bits per heavy atom. The maximum absolute atomic E-state index is 12.7. The van der Waals surface area contributed by atoms with E-state index in [4.69, 9.17) is 24.3 Å². The summed E-state index contributed by atoms with van der Waals surface area (Å²) in [6, 6.07) is 15.2. The minimum Gasteiger partial charge on any atom is -0.445 e. The highest BCUT2D eigenvalue weighted by atomic mass is 32.2. The fraction of sp³-hybridized carbons (Fsp3) is 0.565. The van der Waals surface area contributed by atoms with Crippen molar-refractivity contribution in [2.24, 2.45) is 0 Å². The largest absolute Gasteiger partial charge is 0.534 e. The van der Waals surface area contributed by atoms with Gasteiger partial charge in [-0.15, -0.1) is 0 Å². The summed E-state index contributed by atoms with van der Waals surface area (Å²) < 4.78 is 83.3. The van der Waals surface area contributed by atoms with E-state index < -0.39 is 39.2 Å². The van der Waals surface area contributed by atoms with Gasteiger partial charge < -0.3 is 28.6 Å². The van der Waals surface area contributed by atoms with E-state index in [0.29, 0.717) is 25.2 Å². The highest BCUT2D eigenvalue weighted by Crippen LogP contribution is 2.34. The second-order valence-corrected chi connectivity index (χ2v) is 19.5. The number of anilines is 1. The average Bonchev–Trinajstić information content (AvgIpc) is 4.07. The monoisotopic (exact) mass is 970 g/mol. The highest BCUT2D eigenvalue weighted by molar-refractivity contribution is 7.87. The lowest BCUT2D eigenvalue weighted by atomic mass is 10.00. The molecule has 18 nitrogen and oxygen atoms in total. The first kappa shape index (κ1) is 50.1. The van der Waals surface area contributed by atoms with Crippen LogP contribution in [-0.4, -0.2) is 123 Å². The van der Waals surface area contributed by atoms with E-state index in [1.165, 1.54) is 55.6 Å². The zero-order chi connectivity index (χ0) is 48.3. The maximum Gasteiger partial charge on any atom is 0.534 e. The Morgan fingerprint density at radius 3 is 1.79 bits per heavy atom. The van der Waals surface area contributed by atoms with Crippen LogP contribution in [0.25, 0.3) is 11.3 Å². The Morgan fingerprint density at radius 1 is 0.735 bits per heavy atom. The zero-order valence-corrected chi connectivity index (χ0v) is 39.6. The van der Waals surface area contributed by atoms with Gasteiger partial charge in [0.2, 0.25) is 5.88 Å². The Labute approximate surface area is 394 Å². The lowest BCUT2D eigenvalue weighted by Crippen LogP contribution is -2.42. The van der Waals surface area contributed by atoms with Crippen LogP contribution in [0, 0.1) is 0 Å². The number of alkyl halides is 3. The van der Waals surface area contributed by atoms with Crippen molar-refractivity contribution < 1.29 is 49.6 Å². The number of amides is 2. The van der Waals surface area contributed by atoms with Crippen LogP contribution in [0.4, 0.5) is 28.6 Å². The summed E-state index contributed by atoms with van der Waals surface area (Å²) in [6.07, 6.45) is 12.8. The second-order valence-electron chi connectivity index (χ2n) is 18.0. The molecule has 0 spiro atoms. The van der Waals surface area contributed by atoms with Crippen molar-refractivity contribution in [2.75, 3.05) is 57.4 Å². The molecule has 4 aromatic heterocycles. The van der Waals surface area contributed by atoms with Gasteiger partial charge in [-0.05, 0) is 110 Å². The number of rotatable bonds is 7. The number of carbonyl (C=O) groups excluding carboxylic acids is 2. The number of halogens is 3. The van der Waals surface area contributed by atoms with Crippen LogP contribution < -0.4 is 14.4 Å². The molecule has 0 aliphatic carbocycles. The predicted octanol–water partition coefficient (Wildman–Crippen LogP) is 8.00. The van der Waals surface area contributed by atoms with Crippen molar-refractivity contribution in [3.8, 4) is 5.88 Å². The molecule has 2 atom stereocenters. The predicted molar refractivity (Wildman–Crippen MR) is 245 cm³/mol. The number of hydrogen-bond donors (Lipinski definition) is 1. The van der Waals surface area contributed by atoms with E-state index >= 15 is 0 Å². The number of benzene rings is 1. The second kappa shape index (κ2) is 22.6. The van der Waals surface area contributed by atoms with Gasteiger partial charge in [0.25, 0.3) is 0 Å². The lowest BCUT2D eigenvalue weighted by Gasteiger charge is -2.35. The van der Waals surface area contributed by atoms with E-state index in [-0.39, 0.29) is 24.4 Å². The zero-order valence-electron chi connectivity index (χ0n) is 38.8. The molecule has 1 aromatic carbocycles. The van der Waals surface area contributed by atoms with Gasteiger partial charge in [-0.1, -0.05) is 30.3 Å². The number of nitrogens with zero attached hydrogens (tertiary/aromatic N) is 9. The molecule has 5 aliphatic rings. The standard InChI is InChI=1S/C20H19F3N4O5S.C19H27N5O2.C4H8O.C3H7N/c21-20(22,23)33(29,30)32-18-9-11-27-17(24-18)12-15(25-27)16-8-4-5-10-26(16)19(28)31-13-14-6-2-1-3-7-14;1-19(2,3)26-18(25)23-11-5-4-7-15(23)14-13-17-20-16(22-9-6-10-22)8-12-24(17)21-14;1-2-4-5-3-1;1-2-4-3-1/h1-3,6-7,9,11-12,16H,4-5,8,10,13H2;8,12-13,15H,4-7,9-11H2,1-3H3;1-4H2;4H,1-3H2/t16-;15-;;/m00../s1. The third-order valence-corrected chi connectivity index (χ3v) is 12.6. The SMILES string of the molecule is C1CCOC1.C1CNC1.CC(C)(C)OC(=O)N1CCCC[C@H]1c1cc2nc(N3CCC3)ccn2n1.O=C(OCc1ccccc1)N1CCCC[C@H]1c1cc2nc(OS(=O)(=O)C(F)(F)F)ccn2n1. The van der Waals surface area contributed by atoms with Gasteiger partial charge in [-0.2, -0.15) is 36.8 Å². The van der Waals surface area contributed by atoms with Gasteiger partial charge in [-0.3, -0.25) is 9.80 Å². The van der Waals surface area contributed by atoms with Gasteiger partial charge >= 0.3 is 27.8 Å². The first-order valence-electron chi connectivity index (χ1n) is 23.3. The first-order chi connectivity index (χ1) is 32.5. The summed E-state index contributed by atoms with van der Waals surface area (Å²) in [5, 5.41) is 12.2. The highest BCUT2D eigenvalue weighted by Gasteiger charge is 2.49. The molecule has 5 saturated heterocycles. The van der Waals surface area contributed by atoms with Crippen LogP contribution in [0.5, 0.6) is 5.88 Å². The average molecular weight is 971 g/mol. The van der Waals surface area contributed by atoms with E-state index in [1.807, 2.05) is 74.3 Å². The number of hydrogen-bond acceptors (Lipinski definition) is 14. The smallest absolute Gasteiger partial charge is 0.445 e. The fourth-order valence-electron chi connectivity index (χ4n) is 7.75. The van der Waals surface area contributed by atoms with Crippen LogP contribution in [-0.2, 0) is 30.9 Å². The number of likely N-dealkylation sites (tertiary alicyclic amines) is 2. The quantitative estimate of drug-likeness (QED) is 0.122. The maximum atomic E-state index is 12.7. The van der Waals surface area contributed by atoms with Gasteiger partial charge in [-0.25, -0.2) is 23.6 Å². The lowest BCUT2D eigenvalue weighted by molar-refractivity contribution is -0.0501. The Bertz CT molecular complexity index is 2530. The molecule has 0 radical (unpaired) electrons. The molecule has 10 rings (SSSR count). The summed E-state index contributed by atoms with van der Waals surface area (Å²) in [4.78, 5) is 39.6. The number of fused-ring (bicyclic) bond motifs is 2. The Kier molecular flexibility index (Phi) is 16.6. The molecule has 22 heteroatoms. The molecule has 5 aliphatic heterocycles. The van der Waals surface area contributed by atoms with Crippen LogP contribution in [0.1, 0.15) is 114 Å². The number of carbonyl (C=O) groups is 2. The molecule has 2 amide bonds. The molecule has 68 heavy (non-hydrogen) atoms. The topological polar surface area (TPSA) is 187 Å². The van der Waals surface area contributed by atoms with Gasteiger partial charge in [0.15, 0.2) is 11.3 Å². The van der Waals surface area contributed by atoms with Crippen molar-refractivity contribution in [3.05, 3.63) is 83.9 Å². The molecular formula is C46H61F3N10O8S. The third kappa shape index (κ3) is 13.5. The van der Waals surface area contributed by atoms with E-state index in [2.05, 4.69) is 24.5 Å². The van der Waals surface area contributed by atoms with Crippen molar-refractivity contribution in [3.63, 3.8) is 0 Å². The summed E-state index contributed by atoms with van der Waals surface area (Å²) in [5.74, 6) is 0.261. The summed E-state index contributed by atoms with van der Waals surface area (Å²) >= 11 is 0. The number of aromatic nitrogens is 6. The molecule has 0 saturated carbocycles. The molecule has 0 unspecified atom stereocenters. The molecule has 0 bridgehead atoms. The van der Waals surface area contributed by atoms with E-state index in [9.17, 15) is 31.2 Å². The van der Waals surface area contributed by atoms with E-state index in [1.54, 1.807) is 9.42 Å². The molecule has 9 heterocycles. The first-order valence-corrected chi connectivity index (χ1v) is 24.7. The van der Waals surface area contributed by atoms with Crippen LogP contribution in [0.2, 0.25) is 0 Å². The normalized spacial score (nSPS) is 19.5. The van der Waals surface area contributed by atoms with Crippen molar-refractivity contribution in [2.45, 2.75) is 115 Å². The molecule has 370 valence electrons. The number of ether oxygens (including phenoxy) is 3. The molecule has 1 N–H and O–H groups in total. The summed E-state index contributed by atoms with van der Waals surface area (Å²) in [7, 11) is -5.84. The molecule has 5 fully saturated rings. The minimum atomic E-state index is -5.84. The Balaban J connectivity index is 0.000000172. The van der Waals surface area contributed by atoms with Crippen LogP contribution in [0.3, 0.4) is 0 Å². The van der Waals surface area contributed by atoms with Gasteiger partial charge in [0, 0.05) is 70.0 Å². The Hall–Kier alpha value is -5.74. The van der Waals surface area contributed by atoms with Gasteiger partial charge in [0.1, 0.15) is 18.0 Å². The van der Waals surface area contributed by atoms with Crippen molar-refractivity contribution in [1.82, 2.24) is 44.3 Å². The van der Waals surface area contributed by atoms with Crippen molar-refractivity contribution >= 4 is 39.4 Å². The van der Waals surface area contributed by atoms with E-state index in [0.717, 1.165) is 87.2 Å². The fourth-order valence-corrected chi connectivity index (χ4v) is 8.16. The molecular weight excluding hydrogens is 910 g/mol. The van der Waals surface area contributed by atoms with Crippen LogP contribution >= 0.6 is 0 Å². The summed E-state index contributed by atoms with van der Waals surface area (Å²) in [5.41, 5.74) is -2.97. The minimum absolute atomic E-state index is 0.0484. The molecule has 5 aromatic rings. The number of nitrogens with one attached hydrogen (secondary N) is 1. The van der Waals surface area contributed by atoms with Gasteiger partial charge in [0.05, 0.1) is 23.5 Å². The van der Waals surface area contributed by atoms with Crippen molar-refractivity contribution in [1.29, 1.82) is 0 Å².